The molecule has 0 aliphatic carbocycles. The van der Waals surface area contributed by atoms with Crippen molar-refractivity contribution in [2.45, 2.75) is 39.9 Å². The molecule has 1 aliphatic rings. The molecular weight excluding hydrogens is 360 g/mol. The van der Waals surface area contributed by atoms with Gasteiger partial charge in [-0.1, -0.05) is 48.0 Å². The van der Waals surface area contributed by atoms with Crippen molar-refractivity contribution in [1.82, 2.24) is 9.47 Å². The zero-order chi connectivity index (χ0) is 20.5. The maximum atomic E-state index is 13.5. The first-order valence-electron chi connectivity index (χ1n) is 10.2. The van der Waals surface area contributed by atoms with Gasteiger partial charge in [-0.25, -0.2) is 0 Å². The highest BCUT2D eigenvalue weighted by atomic mass is 16.5. The number of amides is 1. The molecule has 29 heavy (non-hydrogen) atoms. The number of carbonyl (C=O) groups excluding carboxylic acids is 1. The molecule has 4 rings (SSSR count). The van der Waals surface area contributed by atoms with E-state index in [-0.39, 0.29) is 18.1 Å². The second-order valence-electron chi connectivity index (χ2n) is 8.03. The Kier molecular flexibility index (Phi) is 5.29. The zero-order valence-electron chi connectivity index (χ0n) is 17.6. The molecule has 1 amide bonds. The fourth-order valence-electron chi connectivity index (χ4n) is 4.19. The van der Waals surface area contributed by atoms with Crippen molar-refractivity contribution in [3.05, 3.63) is 77.5 Å². The van der Waals surface area contributed by atoms with Gasteiger partial charge in [-0.05, 0) is 51.5 Å². The molecule has 1 aromatic heterocycles. The van der Waals surface area contributed by atoms with Crippen LogP contribution in [0.5, 0.6) is 0 Å². The Labute approximate surface area is 172 Å². The van der Waals surface area contributed by atoms with Crippen LogP contribution in [0.4, 0.5) is 0 Å². The molecule has 3 aromatic rings. The highest BCUT2D eigenvalue weighted by molar-refractivity contribution is 5.97. The van der Waals surface area contributed by atoms with Crippen molar-refractivity contribution in [3.8, 4) is 16.9 Å². The van der Waals surface area contributed by atoms with E-state index in [1.54, 1.807) is 0 Å². The van der Waals surface area contributed by atoms with Gasteiger partial charge in [0.15, 0.2) is 0 Å². The number of carbonyl (C=O) groups is 1. The number of aromatic nitrogens is 1. The van der Waals surface area contributed by atoms with E-state index >= 15 is 0 Å². The number of hydrogen-bond acceptors (Lipinski definition) is 2. The second-order valence-corrected chi connectivity index (χ2v) is 8.03. The Balaban J connectivity index is 1.81. The minimum atomic E-state index is 0.0517. The molecule has 0 bridgehead atoms. The van der Waals surface area contributed by atoms with Crippen LogP contribution in [0.15, 0.2) is 60.7 Å². The average molecular weight is 389 g/mol. The second kappa shape index (κ2) is 7.88. The highest BCUT2D eigenvalue weighted by Gasteiger charge is 2.29. The summed E-state index contributed by atoms with van der Waals surface area (Å²) in [5.74, 6) is 0.0764. The SMILES string of the molecule is Cc1ccc(-n2c(-c3ccccc3)cc(C(=O)N3C[C@H](C)O[C@@H](C)C3)c2C)cc1. The number of morpholine rings is 1. The molecule has 1 aliphatic heterocycles. The predicted octanol–water partition coefficient (Wildman–Crippen LogP) is 5.01. The molecule has 0 unspecified atom stereocenters. The van der Waals surface area contributed by atoms with Gasteiger partial charge in [0.25, 0.3) is 5.91 Å². The van der Waals surface area contributed by atoms with Gasteiger partial charge in [-0.2, -0.15) is 0 Å². The van der Waals surface area contributed by atoms with Crippen molar-refractivity contribution >= 4 is 5.91 Å². The topological polar surface area (TPSA) is 34.5 Å². The third-order valence-electron chi connectivity index (χ3n) is 5.55. The Bertz CT molecular complexity index is 995. The van der Waals surface area contributed by atoms with E-state index in [0.29, 0.717) is 13.1 Å². The molecule has 150 valence electrons. The number of nitrogens with zero attached hydrogens (tertiary/aromatic N) is 2. The number of ether oxygens (including phenoxy) is 1. The van der Waals surface area contributed by atoms with E-state index in [0.717, 1.165) is 28.2 Å². The van der Waals surface area contributed by atoms with Crippen LogP contribution < -0.4 is 0 Å². The average Bonchev–Trinajstić information content (AvgIpc) is 3.05. The number of hydrogen-bond donors (Lipinski definition) is 0. The Morgan fingerprint density at radius 2 is 1.55 bits per heavy atom. The summed E-state index contributed by atoms with van der Waals surface area (Å²) >= 11 is 0. The van der Waals surface area contributed by atoms with E-state index in [9.17, 15) is 4.79 Å². The van der Waals surface area contributed by atoms with Crippen LogP contribution in [0.3, 0.4) is 0 Å². The van der Waals surface area contributed by atoms with Gasteiger partial charge in [0.1, 0.15) is 0 Å². The summed E-state index contributed by atoms with van der Waals surface area (Å²) in [6.07, 6.45) is 0.103. The summed E-state index contributed by atoms with van der Waals surface area (Å²) in [5.41, 5.74) is 6.13. The Morgan fingerprint density at radius 1 is 0.931 bits per heavy atom. The summed E-state index contributed by atoms with van der Waals surface area (Å²) in [5, 5.41) is 0. The Morgan fingerprint density at radius 3 is 2.17 bits per heavy atom. The lowest BCUT2D eigenvalue weighted by molar-refractivity contribution is -0.0586. The van der Waals surface area contributed by atoms with Gasteiger partial charge in [-0.15, -0.1) is 0 Å². The van der Waals surface area contributed by atoms with Crippen LogP contribution in [0.25, 0.3) is 16.9 Å². The van der Waals surface area contributed by atoms with E-state index in [1.807, 2.05) is 49.9 Å². The lowest BCUT2D eigenvalue weighted by Crippen LogP contribution is -2.48. The summed E-state index contributed by atoms with van der Waals surface area (Å²) < 4.78 is 8.00. The summed E-state index contributed by atoms with van der Waals surface area (Å²) in [7, 11) is 0. The monoisotopic (exact) mass is 388 g/mol. The van der Waals surface area contributed by atoms with Crippen LogP contribution >= 0.6 is 0 Å². The fraction of sp³-hybridized carbons (Fsp3) is 0.320. The van der Waals surface area contributed by atoms with Crippen molar-refractivity contribution in [1.29, 1.82) is 0 Å². The van der Waals surface area contributed by atoms with E-state index in [1.165, 1.54) is 5.56 Å². The maximum Gasteiger partial charge on any atom is 0.255 e. The molecule has 0 N–H and O–H groups in total. The summed E-state index contributed by atoms with van der Waals surface area (Å²) in [4.78, 5) is 15.4. The van der Waals surface area contributed by atoms with Crippen LogP contribution in [-0.2, 0) is 4.74 Å². The van der Waals surface area contributed by atoms with Crippen LogP contribution in [0.2, 0.25) is 0 Å². The fourth-order valence-corrected chi connectivity index (χ4v) is 4.19. The third-order valence-corrected chi connectivity index (χ3v) is 5.55. The van der Waals surface area contributed by atoms with Crippen molar-refractivity contribution in [3.63, 3.8) is 0 Å². The van der Waals surface area contributed by atoms with E-state index in [4.69, 9.17) is 4.74 Å². The van der Waals surface area contributed by atoms with Crippen LogP contribution in [-0.4, -0.2) is 40.7 Å². The lowest BCUT2D eigenvalue weighted by atomic mass is 10.1. The normalized spacial score (nSPS) is 19.4. The number of rotatable bonds is 3. The maximum absolute atomic E-state index is 13.5. The van der Waals surface area contributed by atoms with Gasteiger partial charge < -0.3 is 14.2 Å². The predicted molar refractivity (Wildman–Crippen MR) is 117 cm³/mol. The van der Waals surface area contributed by atoms with Gasteiger partial charge >= 0.3 is 0 Å². The molecular formula is C25H28N2O2. The quantitative estimate of drug-likeness (QED) is 0.632. The molecule has 0 saturated carbocycles. The third kappa shape index (κ3) is 3.85. The molecule has 0 radical (unpaired) electrons. The molecule has 1 fully saturated rings. The molecule has 1 saturated heterocycles. The van der Waals surface area contributed by atoms with Crippen molar-refractivity contribution < 1.29 is 9.53 Å². The molecule has 2 heterocycles. The highest BCUT2D eigenvalue weighted by Crippen LogP contribution is 2.31. The first-order valence-corrected chi connectivity index (χ1v) is 10.2. The summed E-state index contributed by atoms with van der Waals surface area (Å²) in [6, 6.07) is 20.7. The summed E-state index contributed by atoms with van der Waals surface area (Å²) in [6.45, 7) is 9.41. The van der Waals surface area contributed by atoms with Crippen molar-refractivity contribution in [2.24, 2.45) is 0 Å². The lowest BCUT2D eigenvalue weighted by Gasteiger charge is -2.35. The first-order chi connectivity index (χ1) is 13.9. The zero-order valence-corrected chi connectivity index (χ0v) is 17.6. The van der Waals surface area contributed by atoms with Crippen LogP contribution in [0.1, 0.15) is 35.5 Å². The van der Waals surface area contributed by atoms with Crippen LogP contribution in [0, 0.1) is 13.8 Å². The molecule has 0 spiro atoms. The molecule has 4 nitrogen and oxygen atoms in total. The standard InChI is InChI=1S/C25H28N2O2/c1-17-10-12-22(13-11-17)27-20(4)23(14-24(27)21-8-6-5-7-9-21)25(28)26-15-18(2)29-19(3)16-26/h5-14,18-19H,15-16H2,1-4H3/t18-,19-/m0/s1. The largest absolute Gasteiger partial charge is 0.372 e. The molecule has 2 atom stereocenters. The minimum absolute atomic E-state index is 0.0517. The molecule has 2 aromatic carbocycles. The van der Waals surface area contributed by atoms with E-state index in [2.05, 4.69) is 47.9 Å². The Hall–Kier alpha value is -2.85. The van der Waals surface area contributed by atoms with Gasteiger partial charge in [0.2, 0.25) is 0 Å². The van der Waals surface area contributed by atoms with Crippen molar-refractivity contribution in [2.75, 3.05) is 13.1 Å². The van der Waals surface area contributed by atoms with Gasteiger partial charge in [0, 0.05) is 24.5 Å². The molecule has 4 heteroatoms. The first kappa shape index (κ1) is 19.5. The van der Waals surface area contributed by atoms with Gasteiger partial charge in [-0.3, -0.25) is 4.79 Å². The smallest absolute Gasteiger partial charge is 0.255 e. The van der Waals surface area contributed by atoms with E-state index < -0.39 is 0 Å². The number of aryl methyl sites for hydroxylation is 1. The number of benzene rings is 2. The minimum Gasteiger partial charge on any atom is -0.372 e. The van der Waals surface area contributed by atoms with Gasteiger partial charge in [0.05, 0.1) is 23.5 Å².